The molecule has 0 spiro atoms. The molecule has 2 N–H and O–H groups in total. The van der Waals surface area contributed by atoms with Gasteiger partial charge in [-0.05, 0) is 80.2 Å². The number of nitrogens with zero attached hydrogens (tertiary/aromatic N) is 1. The van der Waals surface area contributed by atoms with E-state index < -0.39 is 17.4 Å². The van der Waals surface area contributed by atoms with E-state index in [9.17, 15) is 20.1 Å². The lowest BCUT2D eigenvalue weighted by molar-refractivity contribution is -0.312. The van der Waals surface area contributed by atoms with Gasteiger partial charge in [-0.1, -0.05) is 43.7 Å². The molecule has 1 fully saturated rings. The van der Waals surface area contributed by atoms with Crippen molar-refractivity contribution in [3.8, 4) is 23.0 Å². The minimum atomic E-state index is -0.962. The normalized spacial score (nSPS) is 23.0. The van der Waals surface area contributed by atoms with Crippen molar-refractivity contribution < 1.29 is 29.6 Å². The number of carboxylic acids is 1. The van der Waals surface area contributed by atoms with Crippen molar-refractivity contribution in [2.45, 2.75) is 56.4 Å². The van der Waals surface area contributed by atoms with Crippen molar-refractivity contribution in [3.05, 3.63) is 83.4 Å². The van der Waals surface area contributed by atoms with Crippen molar-refractivity contribution in [3.63, 3.8) is 0 Å². The predicted octanol–water partition coefficient (Wildman–Crippen LogP) is 4.34. The zero-order valence-electron chi connectivity index (χ0n) is 22.3. The summed E-state index contributed by atoms with van der Waals surface area (Å²) in [6, 6.07) is 20.2. The van der Waals surface area contributed by atoms with Crippen LogP contribution in [0.25, 0.3) is 0 Å². The maximum Gasteiger partial charge on any atom is 0.126 e. The number of hydrogen-bond donors (Lipinski definition) is 2. The van der Waals surface area contributed by atoms with Gasteiger partial charge in [0.1, 0.15) is 23.0 Å². The maximum atomic E-state index is 11.4. The van der Waals surface area contributed by atoms with Gasteiger partial charge >= 0.3 is 0 Å². The number of rotatable bonds is 9. The van der Waals surface area contributed by atoms with Gasteiger partial charge < -0.3 is 29.6 Å². The van der Waals surface area contributed by atoms with Crippen LogP contribution in [0.15, 0.2) is 66.7 Å². The van der Waals surface area contributed by atoms with Gasteiger partial charge in [-0.2, -0.15) is 0 Å². The third-order valence-electron chi connectivity index (χ3n) is 8.21. The zero-order chi connectivity index (χ0) is 27.4. The number of carboxylic acid groups (broad SMARTS) is 1. The largest absolute Gasteiger partial charge is 0.548 e. The van der Waals surface area contributed by atoms with Gasteiger partial charge in [0.15, 0.2) is 0 Å². The van der Waals surface area contributed by atoms with Crippen molar-refractivity contribution in [2.24, 2.45) is 0 Å². The molecule has 5 rings (SSSR count). The molecule has 3 atom stereocenters. The summed E-state index contributed by atoms with van der Waals surface area (Å²) in [5.74, 6) is 0.843. The van der Waals surface area contributed by atoms with Gasteiger partial charge in [-0.25, -0.2) is 0 Å². The van der Waals surface area contributed by atoms with Crippen molar-refractivity contribution in [2.75, 3.05) is 26.3 Å². The van der Waals surface area contributed by atoms with Crippen molar-refractivity contribution >= 4 is 5.97 Å². The van der Waals surface area contributed by atoms with E-state index in [0.29, 0.717) is 25.4 Å². The molecule has 3 aromatic rings. The molecule has 0 bridgehead atoms. The molecule has 0 saturated carbocycles. The van der Waals surface area contributed by atoms with Crippen LogP contribution in [-0.2, 0) is 10.2 Å². The third kappa shape index (κ3) is 5.83. The molecular weight excluding hydrogens is 494 g/mol. The number of hydrogen-bond acceptors (Lipinski definition) is 7. The van der Waals surface area contributed by atoms with E-state index >= 15 is 0 Å². The highest BCUT2D eigenvalue weighted by Crippen LogP contribution is 2.50. The lowest BCUT2D eigenvalue weighted by Crippen LogP contribution is -2.50. The second-order valence-corrected chi connectivity index (χ2v) is 10.9. The average Bonchev–Trinajstić information content (AvgIpc) is 2.94. The maximum absolute atomic E-state index is 11.4. The molecule has 2 aliphatic rings. The first kappa shape index (κ1) is 26.9. The first-order valence-electron chi connectivity index (χ1n) is 13.8. The Bertz CT molecular complexity index is 1270. The van der Waals surface area contributed by atoms with Crippen molar-refractivity contribution in [1.29, 1.82) is 0 Å². The Morgan fingerprint density at radius 2 is 1.77 bits per heavy atom. The number of ether oxygens (including phenoxy) is 2. The summed E-state index contributed by atoms with van der Waals surface area (Å²) in [7, 11) is 0. The van der Waals surface area contributed by atoms with E-state index in [2.05, 4.69) is 19.1 Å². The van der Waals surface area contributed by atoms with E-state index in [1.165, 1.54) is 0 Å². The fraction of sp³-hybridized carbons (Fsp3) is 0.406. The lowest BCUT2D eigenvalue weighted by atomic mass is 9.65. The fourth-order valence-corrected chi connectivity index (χ4v) is 6.07. The van der Waals surface area contributed by atoms with Crippen molar-refractivity contribution in [1.82, 2.24) is 4.90 Å². The summed E-state index contributed by atoms with van der Waals surface area (Å²) >= 11 is 0. The van der Waals surface area contributed by atoms with Crippen LogP contribution in [0.2, 0.25) is 0 Å². The first-order valence-corrected chi connectivity index (χ1v) is 13.8. The number of aliphatic carboxylic acids is 1. The number of phenols is 2. The summed E-state index contributed by atoms with van der Waals surface area (Å²) in [6.45, 7) is 4.72. The number of benzene rings is 3. The monoisotopic (exact) mass is 530 g/mol. The quantitative estimate of drug-likeness (QED) is 0.397. The Kier molecular flexibility index (Phi) is 7.98. The molecule has 2 aliphatic heterocycles. The summed E-state index contributed by atoms with van der Waals surface area (Å²) in [6.07, 6.45) is 4.38. The Labute approximate surface area is 229 Å². The summed E-state index contributed by atoms with van der Waals surface area (Å²) < 4.78 is 12.1. The van der Waals surface area contributed by atoms with Gasteiger partial charge in [0.25, 0.3) is 0 Å². The van der Waals surface area contributed by atoms with E-state index in [4.69, 9.17) is 9.47 Å². The van der Waals surface area contributed by atoms with Crippen LogP contribution < -0.4 is 14.6 Å². The Hall–Kier alpha value is -3.71. The number of aromatic hydroxyl groups is 2. The molecule has 0 radical (unpaired) electrons. The molecular formula is C32H36NO6-. The minimum absolute atomic E-state index is 0.0401. The Morgan fingerprint density at radius 3 is 2.51 bits per heavy atom. The van der Waals surface area contributed by atoms with Crippen LogP contribution in [0.3, 0.4) is 0 Å². The number of unbranched alkanes of at least 4 members (excludes halogenated alkanes) is 1. The summed E-state index contributed by atoms with van der Waals surface area (Å²) in [5.41, 5.74) is 2.75. The zero-order valence-corrected chi connectivity index (χ0v) is 22.3. The van der Waals surface area contributed by atoms with Gasteiger partial charge in [0, 0.05) is 29.0 Å². The number of carbonyl (C=O) groups excluding carboxylic acids is 1. The molecule has 0 aromatic heterocycles. The van der Waals surface area contributed by atoms with Gasteiger partial charge in [0.05, 0.1) is 19.2 Å². The summed E-state index contributed by atoms with van der Waals surface area (Å²) in [4.78, 5) is 13.4. The molecule has 7 nitrogen and oxygen atoms in total. The molecule has 2 heterocycles. The van der Waals surface area contributed by atoms with Gasteiger partial charge in [-0.15, -0.1) is 0 Å². The van der Waals surface area contributed by atoms with E-state index in [0.717, 1.165) is 61.2 Å². The predicted molar refractivity (Wildman–Crippen MR) is 146 cm³/mol. The van der Waals surface area contributed by atoms with Crippen LogP contribution in [-0.4, -0.2) is 53.4 Å². The lowest BCUT2D eigenvalue weighted by Gasteiger charge is -2.43. The average molecular weight is 531 g/mol. The highest BCUT2D eigenvalue weighted by molar-refractivity contribution is 5.71. The molecule has 3 aromatic carbocycles. The van der Waals surface area contributed by atoms with Crippen LogP contribution in [0.4, 0.5) is 0 Å². The number of fused-ring (bicyclic) bond motifs is 1. The molecule has 0 aliphatic carbocycles. The molecule has 0 amide bonds. The molecule has 1 saturated heterocycles. The number of piperidine rings is 1. The molecule has 206 valence electrons. The topological polar surface area (TPSA) is 102 Å². The fourth-order valence-electron chi connectivity index (χ4n) is 6.07. The highest BCUT2D eigenvalue weighted by Gasteiger charge is 2.43. The summed E-state index contributed by atoms with van der Waals surface area (Å²) in [5, 5.41) is 31.3. The van der Waals surface area contributed by atoms with E-state index in [1.807, 2.05) is 35.2 Å². The third-order valence-corrected chi connectivity index (χ3v) is 8.21. The SMILES string of the molecule is CC1(c2ccc(O)cc2)COc2cc(O)ccc2C1c1ccc(OCCCCN2CCCCC2C(=O)[O-])cc1. The number of carbonyl (C=O) groups is 1. The minimum Gasteiger partial charge on any atom is -0.548 e. The van der Waals surface area contributed by atoms with Crippen LogP contribution >= 0.6 is 0 Å². The van der Waals surface area contributed by atoms with E-state index in [1.54, 1.807) is 24.3 Å². The Morgan fingerprint density at radius 1 is 1.03 bits per heavy atom. The standard InChI is InChI=1S/C32H37NO6/c1-32(23-9-11-24(34)12-10-23)21-39-29-20-25(35)13-16-27(29)30(32)22-7-14-26(15-8-22)38-19-5-4-18-33-17-3-2-6-28(33)31(36)37/h7-16,20,28,30,34-35H,2-6,17-19,21H2,1H3,(H,36,37)/p-1. The number of likely N-dealkylation sites (tertiary alicyclic amines) is 1. The first-order chi connectivity index (χ1) is 18.8. The highest BCUT2D eigenvalue weighted by atomic mass is 16.5. The molecule has 3 unspecified atom stereocenters. The number of phenolic OH excluding ortho intramolecular Hbond substituents is 2. The van der Waals surface area contributed by atoms with Gasteiger partial charge in [-0.3, -0.25) is 4.90 Å². The smallest absolute Gasteiger partial charge is 0.126 e. The second kappa shape index (κ2) is 11.6. The Balaban J connectivity index is 1.27. The second-order valence-electron chi connectivity index (χ2n) is 10.9. The van der Waals surface area contributed by atoms with E-state index in [-0.39, 0.29) is 17.4 Å². The molecule has 39 heavy (non-hydrogen) atoms. The van der Waals surface area contributed by atoms with Crippen LogP contribution in [0, 0.1) is 0 Å². The van der Waals surface area contributed by atoms with Gasteiger partial charge in [0.2, 0.25) is 0 Å². The molecule has 7 heteroatoms. The van der Waals surface area contributed by atoms with Crippen LogP contribution in [0.1, 0.15) is 61.6 Å². The van der Waals surface area contributed by atoms with Crippen LogP contribution in [0.5, 0.6) is 23.0 Å².